The van der Waals surface area contributed by atoms with Gasteiger partial charge in [-0.2, -0.15) is 0 Å². The normalized spacial score (nSPS) is 11.1. The summed E-state index contributed by atoms with van der Waals surface area (Å²) in [6, 6.07) is 12.2. The number of benzene rings is 2. The number of rotatable bonds is 3. The molecule has 0 unspecified atom stereocenters. The number of nitrogens with two attached hydrogens (primary N) is 1. The van der Waals surface area contributed by atoms with Crippen molar-refractivity contribution < 1.29 is 4.42 Å². The lowest BCUT2D eigenvalue weighted by Gasteiger charge is -2.00. The van der Waals surface area contributed by atoms with Crippen LogP contribution in [0.5, 0.6) is 0 Å². The van der Waals surface area contributed by atoms with Crippen LogP contribution < -0.4 is 5.73 Å². The Labute approximate surface area is 125 Å². The first-order chi connectivity index (χ1) is 9.61. The maximum Gasteiger partial charge on any atom is 0.195 e. The van der Waals surface area contributed by atoms with Crippen LogP contribution >= 0.6 is 15.9 Å². The maximum atomic E-state index is 5.93. The van der Waals surface area contributed by atoms with Crippen molar-refractivity contribution in [3.63, 3.8) is 0 Å². The molecule has 3 nitrogen and oxygen atoms in total. The summed E-state index contributed by atoms with van der Waals surface area (Å²) < 4.78 is 6.67. The van der Waals surface area contributed by atoms with E-state index < -0.39 is 0 Å². The van der Waals surface area contributed by atoms with Gasteiger partial charge < -0.3 is 10.2 Å². The highest BCUT2D eigenvalue weighted by Gasteiger charge is 2.09. The number of fused-ring (bicyclic) bond motifs is 1. The lowest BCUT2D eigenvalue weighted by atomic mass is 10.1. The van der Waals surface area contributed by atoms with Crippen LogP contribution in [0.15, 0.2) is 45.3 Å². The smallest absolute Gasteiger partial charge is 0.195 e. The number of oxazole rings is 1. The fourth-order valence-corrected chi connectivity index (χ4v) is 2.76. The summed E-state index contributed by atoms with van der Waals surface area (Å²) in [5, 5.41) is 0. The van der Waals surface area contributed by atoms with E-state index in [9.17, 15) is 0 Å². The number of aromatic nitrogens is 1. The van der Waals surface area contributed by atoms with Crippen molar-refractivity contribution in [3.8, 4) is 0 Å². The minimum Gasteiger partial charge on any atom is -0.439 e. The van der Waals surface area contributed by atoms with Crippen LogP contribution in [0, 0.1) is 6.92 Å². The Morgan fingerprint density at radius 2 is 2.05 bits per heavy atom. The van der Waals surface area contributed by atoms with Crippen LogP contribution in [0.2, 0.25) is 0 Å². The van der Waals surface area contributed by atoms with Crippen LogP contribution in [0.3, 0.4) is 0 Å². The van der Waals surface area contributed by atoms with Crippen molar-refractivity contribution in [1.29, 1.82) is 0 Å². The minimum absolute atomic E-state index is 0.615. The summed E-state index contributed by atoms with van der Waals surface area (Å²) >= 11 is 3.41. The number of nitrogens with zero attached hydrogens (tertiary/aromatic N) is 1. The van der Waals surface area contributed by atoms with E-state index in [4.69, 9.17) is 10.2 Å². The van der Waals surface area contributed by atoms with Crippen molar-refractivity contribution in [2.24, 2.45) is 0 Å². The van der Waals surface area contributed by atoms with Gasteiger partial charge in [0.25, 0.3) is 0 Å². The summed E-state index contributed by atoms with van der Waals surface area (Å²) in [6.07, 6.45) is 1.69. The van der Waals surface area contributed by atoms with Gasteiger partial charge in [0.15, 0.2) is 11.5 Å². The van der Waals surface area contributed by atoms with E-state index in [2.05, 4.69) is 52.1 Å². The van der Waals surface area contributed by atoms with Crippen molar-refractivity contribution in [2.75, 3.05) is 5.73 Å². The highest BCUT2D eigenvalue weighted by molar-refractivity contribution is 9.10. The molecule has 0 spiro atoms. The average molecular weight is 331 g/mol. The molecular formula is C16H15BrN2O. The minimum atomic E-state index is 0.615. The van der Waals surface area contributed by atoms with E-state index in [-0.39, 0.29) is 0 Å². The van der Waals surface area contributed by atoms with Gasteiger partial charge in [-0.1, -0.05) is 45.8 Å². The van der Waals surface area contributed by atoms with E-state index in [0.29, 0.717) is 11.3 Å². The Kier molecular flexibility index (Phi) is 3.49. The zero-order valence-electron chi connectivity index (χ0n) is 11.2. The SMILES string of the molecule is Cc1cccc(CCc2nc3cc(Br)cc(N)c3o2)c1. The first-order valence-corrected chi connectivity index (χ1v) is 7.31. The van der Waals surface area contributed by atoms with E-state index in [1.165, 1.54) is 11.1 Å². The Hall–Kier alpha value is -1.81. The van der Waals surface area contributed by atoms with Crippen molar-refractivity contribution in [3.05, 3.63) is 57.9 Å². The van der Waals surface area contributed by atoms with Crippen LogP contribution in [0.25, 0.3) is 11.1 Å². The van der Waals surface area contributed by atoms with E-state index >= 15 is 0 Å². The van der Waals surface area contributed by atoms with E-state index in [0.717, 1.165) is 28.7 Å². The van der Waals surface area contributed by atoms with Crippen LogP contribution in [-0.2, 0) is 12.8 Å². The molecule has 0 amide bonds. The van der Waals surface area contributed by atoms with Gasteiger partial charge in [-0.05, 0) is 31.0 Å². The Morgan fingerprint density at radius 3 is 2.85 bits per heavy atom. The molecular weight excluding hydrogens is 316 g/mol. The summed E-state index contributed by atoms with van der Waals surface area (Å²) in [5.41, 5.74) is 10.6. The topological polar surface area (TPSA) is 52.0 Å². The quantitative estimate of drug-likeness (QED) is 0.730. The molecule has 20 heavy (non-hydrogen) atoms. The second-order valence-corrected chi connectivity index (χ2v) is 5.86. The molecule has 2 aromatic carbocycles. The molecule has 3 rings (SSSR count). The number of aryl methyl sites for hydroxylation is 3. The molecule has 0 saturated carbocycles. The molecule has 1 aromatic heterocycles. The Morgan fingerprint density at radius 1 is 1.20 bits per heavy atom. The fourth-order valence-electron chi connectivity index (χ4n) is 2.29. The number of nitrogen functional groups attached to an aromatic ring is 1. The molecule has 0 aliphatic heterocycles. The molecule has 0 radical (unpaired) electrons. The molecule has 102 valence electrons. The fraction of sp³-hybridized carbons (Fsp3) is 0.188. The maximum absolute atomic E-state index is 5.93. The van der Waals surface area contributed by atoms with Gasteiger partial charge in [0, 0.05) is 10.9 Å². The standard InChI is InChI=1S/C16H15BrN2O/c1-10-3-2-4-11(7-10)5-6-15-19-14-9-12(17)8-13(18)16(14)20-15/h2-4,7-9H,5-6,18H2,1H3. The third-order valence-corrected chi connectivity index (χ3v) is 3.70. The van der Waals surface area contributed by atoms with E-state index in [1.807, 2.05) is 12.1 Å². The molecule has 0 atom stereocenters. The summed E-state index contributed by atoms with van der Waals surface area (Å²) in [5.74, 6) is 0.728. The number of hydrogen-bond donors (Lipinski definition) is 1. The molecule has 0 bridgehead atoms. The predicted octanol–water partition coefficient (Wildman–Crippen LogP) is 4.27. The lowest BCUT2D eigenvalue weighted by molar-refractivity contribution is 0.529. The third kappa shape index (κ3) is 2.70. The van der Waals surface area contributed by atoms with Gasteiger partial charge in [0.1, 0.15) is 5.52 Å². The molecule has 2 N–H and O–H groups in total. The van der Waals surface area contributed by atoms with Gasteiger partial charge >= 0.3 is 0 Å². The summed E-state index contributed by atoms with van der Waals surface area (Å²) in [4.78, 5) is 4.50. The number of halogens is 1. The number of hydrogen-bond acceptors (Lipinski definition) is 3. The monoisotopic (exact) mass is 330 g/mol. The van der Waals surface area contributed by atoms with Gasteiger partial charge in [0.2, 0.25) is 0 Å². The molecule has 0 saturated heterocycles. The van der Waals surface area contributed by atoms with Crippen LogP contribution in [-0.4, -0.2) is 4.98 Å². The molecule has 0 aliphatic rings. The van der Waals surface area contributed by atoms with Gasteiger partial charge in [-0.3, -0.25) is 0 Å². The number of anilines is 1. The predicted molar refractivity (Wildman–Crippen MR) is 84.7 cm³/mol. The van der Waals surface area contributed by atoms with Crippen molar-refractivity contribution in [1.82, 2.24) is 4.98 Å². The molecule has 0 fully saturated rings. The van der Waals surface area contributed by atoms with Crippen LogP contribution in [0.1, 0.15) is 17.0 Å². The lowest BCUT2D eigenvalue weighted by Crippen LogP contribution is -1.91. The zero-order chi connectivity index (χ0) is 14.1. The summed E-state index contributed by atoms with van der Waals surface area (Å²) in [6.45, 7) is 2.10. The third-order valence-electron chi connectivity index (χ3n) is 3.24. The molecule has 3 aromatic rings. The summed E-state index contributed by atoms with van der Waals surface area (Å²) in [7, 11) is 0. The second-order valence-electron chi connectivity index (χ2n) is 4.94. The Bertz CT molecular complexity index is 764. The van der Waals surface area contributed by atoms with E-state index in [1.54, 1.807) is 0 Å². The Balaban J connectivity index is 1.83. The van der Waals surface area contributed by atoms with Gasteiger partial charge in [-0.15, -0.1) is 0 Å². The first-order valence-electron chi connectivity index (χ1n) is 6.52. The van der Waals surface area contributed by atoms with Crippen molar-refractivity contribution >= 4 is 32.7 Å². The largest absolute Gasteiger partial charge is 0.439 e. The average Bonchev–Trinajstić information content (AvgIpc) is 2.80. The highest BCUT2D eigenvalue weighted by atomic mass is 79.9. The molecule has 1 heterocycles. The van der Waals surface area contributed by atoms with Crippen LogP contribution in [0.4, 0.5) is 5.69 Å². The first kappa shape index (κ1) is 13.2. The van der Waals surface area contributed by atoms with Gasteiger partial charge in [-0.25, -0.2) is 4.98 Å². The second kappa shape index (κ2) is 5.29. The van der Waals surface area contributed by atoms with Gasteiger partial charge in [0.05, 0.1) is 5.69 Å². The molecule has 4 heteroatoms. The van der Waals surface area contributed by atoms with Crippen molar-refractivity contribution in [2.45, 2.75) is 19.8 Å². The highest BCUT2D eigenvalue weighted by Crippen LogP contribution is 2.27. The zero-order valence-corrected chi connectivity index (χ0v) is 12.8. The molecule has 0 aliphatic carbocycles.